The van der Waals surface area contributed by atoms with Gasteiger partial charge in [-0.2, -0.15) is 0 Å². The Morgan fingerprint density at radius 2 is 1.81 bits per heavy atom. The Morgan fingerprint density at radius 1 is 1.11 bits per heavy atom. The van der Waals surface area contributed by atoms with Gasteiger partial charge in [0, 0.05) is 15.9 Å². The number of aromatic amines is 1. The summed E-state index contributed by atoms with van der Waals surface area (Å²) < 4.78 is 11.0. The van der Waals surface area contributed by atoms with E-state index in [1.807, 2.05) is 13.0 Å². The van der Waals surface area contributed by atoms with E-state index in [1.54, 1.807) is 32.9 Å². The molecule has 1 amide bonds. The average molecular weight is 437 g/mol. The smallest absolute Gasteiger partial charge is 0.355 e. The van der Waals surface area contributed by atoms with Gasteiger partial charge in [-0.15, -0.1) is 0 Å². The molecule has 1 heterocycles. The number of nitrogens with one attached hydrogen (secondary N) is 2. The second-order valence-corrected chi connectivity index (χ2v) is 6.79. The lowest BCUT2D eigenvalue weighted by Gasteiger charge is -2.08. The van der Waals surface area contributed by atoms with E-state index in [-0.39, 0.29) is 12.3 Å². The lowest BCUT2D eigenvalue weighted by atomic mass is 10.1. The summed E-state index contributed by atoms with van der Waals surface area (Å²) in [5, 5.41) is 2.66. The number of halogens is 1. The average Bonchev–Trinajstić information content (AvgIpc) is 2.91. The van der Waals surface area contributed by atoms with Crippen LogP contribution in [0.3, 0.4) is 0 Å². The maximum atomic E-state index is 12.3. The Balaban J connectivity index is 2.01. The molecule has 0 aliphatic carbocycles. The zero-order valence-corrected chi connectivity index (χ0v) is 17.2. The van der Waals surface area contributed by atoms with Crippen molar-refractivity contribution in [2.45, 2.75) is 27.7 Å². The highest BCUT2D eigenvalue weighted by Crippen LogP contribution is 2.21. The van der Waals surface area contributed by atoms with Crippen LogP contribution in [0.25, 0.3) is 0 Å². The lowest BCUT2D eigenvalue weighted by Crippen LogP contribution is -2.21. The van der Waals surface area contributed by atoms with Crippen LogP contribution in [0.2, 0.25) is 0 Å². The van der Waals surface area contributed by atoms with Gasteiger partial charge in [0.1, 0.15) is 5.69 Å². The van der Waals surface area contributed by atoms with Crippen molar-refractivity contribution < 1.29 is 23.9 Å². The molecule has 0 fully saturated rings. The largest absolute Gasteiger partial charge is 0.462 e. The fraction of sp³-hybridized carbons (Fsp3) is 0.316. The molecule has 0 aliphatic heterocycles. The van der Waals surface area contributed by atoms with Crippen molar-refractivity contribution in [3.63, 3.8) is 0 Å². The van der Waals surface area contributed by atoms with E-state index in [0.29, 0.717) is 22.5 Å². The number of benzene rings is 1. The van der Waals surface area contributed by atoms with Gasteiger partial charge in [0.25, 0.3) is 5.91 Å². The number of amides is 1. The van der Waals surface area contributed by atoms with E-state index in [9.17, 15) is 14.4 Å². The predicted molar refractivity (Wildman–Crippen MR) is 104 cm³/mol. The highest BCUT2D eigenvalue weighted by molar-refractivity contribution is 9.10. The van der Waals surface area contributed by atoms with Crippen LogP contribution >= 0.6 is 15.9 Å². The van der Waals surface area contributed by atoms with Gasteiger partial charge in [-0.3, -0.25) is 4.79 Å². The Hall–Kier alpha value is -2.61. The molecule has 0 unspecified atom stereocenters. The molecule has 0 saturated heterocycles. The third-order valence-corrected chi connectivity index (χ3v) is 4.79. The van der Waals surface area contributed by atoms with Crippen LogP contribution in [0.4, 0.5) is 5.69 Å². The predicted octanol–water partition coefficient (Wildman–Crippen LogP) is 3.67. The fourth-order valence-corrected chi connectivity index (χ4v) is 2.83. The van der Waals surface area contributed by atoms with Crippen LogP contribution in [0.5, 0.6) is 0 Å². The topological polar surface area (TPSA) is 97.5 Å². The Kier molecular flexibility index (Phi) is 6.79. The molecule has 27 heavy (non-hydrogen) atoms. The van der Waals surface area contributed by atoms with Crippen molar-refractivity contribution in [2.75, 3.05) is 18.5 Å². The number of rotatable bonds is 6. The van der Waals surface area contributed by atoms with Crippen molar-refractivity contribution in [2.24, 2.45) is 0 Å². The highest BCUT2D eigenvalue weighted by atomic mass is 79.9. The molecular formula is C19H21BrN2O5. The standard InChI is InChI=1S/C19H21BrN2O5/c1-5-26-18(24)16-11(3)17(21-12(16)4)19(25)27-9-15(23)22-13-6-7-14(20)10(2)8-13/h6-8,21H,5,9H2,1-4H3,(H,22,23). The fourth-order valence-electron chi connectivity index (χ4n) is 2.59. The van der Waals surface area contributed by atoms with Crippen molar-refractivity contribution in [1.82, 2.24) is 4.98 Å². The van der Waals surface area contributed by atoms with Crippen LogP contribution in [-0.2, 0) is 14.3 Å². The molecule has 144 valence electrons. The van der Waals surface area contributed by atoms with Gasteiger partial charge in [-0.25, -0.2) is 9.59 Å². The minimum Gasteiger partial charge on any atom is -0.462 e. The lowest BCUT2D eigenvalue weighted by molar-refractivity contribution is -0.119. The van der Waals surface area contributed by atoms with Crippen molar-refractivity contribution in [3.8, 4) is 0 Å². The first-order valence-corrected chi connectivity index (χ1v) is 9.13. The second kappa shape index (κ2) is 8.85. The first-order chi connectivity index (χ1) is 12.7. The molecule has 0 saturated carbocycles. The van der Waals surface area contributed by atoms with Gasteiger partial charge >= 0.3 is 11.9 Å². The quantitative estimate of drug-likeness (QED) is 0.673. The van der Waals surface area contributed by atoms with Crippen LogP contribution in [-0.4, -0.2) is 36.0 Å². The molecule has 1 aromatic carbocycles. The van der Waals surface area contributed by atoms with Crippen molar-refractivity contribution in [3.05, 3.63) is 50.8 Å². The van der Waals surface area contributed by atoms with Crippen molar-refractivity contribution in [1.29, 1.82) is 0 Å². The number of aryl methyl sites for hydroxylation is 2. The first-order valence-electron chi connectivity index (χ1n) is 8.34. The van der Waals surface area contributed by atoms with Gasteiger partial charge in [0.2, 0.25) is 0 Å². The van der Waals surface area contributed by atoms with E-state index in [0.717, 1.165) is 10.0 Å². The molecule has 7 nitrogen and oxygen atoms in total. The van der Waals surface area contributed by atoms with E-state index >= 15 is 0 Å². The Morgan fingerprint density at radius 3 is 2.44 bits per heavy atom. The number of aromatic nitrogens is 1. The van der Waals surface area contributed by atoms with E-state index in [1.165, 1.54) is 0 Å². The van der Waals surface area contributed by atoms with Crippen LogP contribution < -0.4 is 5.32 Å². The molecule has 0 bridgehead atoms. The zero-order chi connectivity index (χ0) is 20.1. The maximum Gasteiger partial charge on any atom is 0.355 e. The number of hydrogen-bond acceptors (Lipinski definition) is 5. The van der Waals surface area contributed by atoms with Gasteiger partial charge < -0.3 is 19.8 Å². The maximum absolute atomic E-state index is 12.3. The highest BCUT2D eigenvalue weighted by Gasteiger charge is 2.24. The SMILES string of the molecule is CCOC(=O)c1c(C)[nH]c(C(=O)OCC(=O)Nc2ccc(Br)c(C)c2)c1C. The third kappa shape index (κ3) is 4.97. The number of hydrogen-bond donors (Lipinski definition) is 2. The number of carbonyl (C=O) groups is 3. The van der Waals surface area contributed by atoms with Gasteiger partial charge in [-0.05, 0) is 57.0 Å². The summed E-state index contributed by atoms with van der Waals surface area (Å²) in [5.74, 6) is -1.68. The number of esters is 2. The summed E-state index contributed by atoms with van der Waals surface area (Å²) in [4.78, 5) is 39.1. The number of carbonyl (C=O) groups excluding carboxylic acids is 3. The summed E-state index contributed by atoms with van der Waals surface area (Å²) in [7, 11) is 0. The van der Waals surface area contributed by atoms with Gasteiger partial charge in [0.05, 0.1) is 12.2 Å². The van der Waals surface area contributed by atoms with E-state index in [2.05, 4.69) is 26.2 Å². The molecule has 0 spiro atoms. The third-order valence-electron chi connectivity index (χ3n) is 3.90. The van der Waals surface area contributed by atoms with Crippen LogP contribution in [0, 0.1) is 20.8 Å². The second-order valence-electron chi connectivity index (χ2n) is 5.93. The molecule has 0 radical (unpaired) electrons. The molecule has 0 aliphatic rings. The normalized spacial score (nSPS) is 10.4. The van der Waals surface area contributed by atoms with Gasteiger partial charge in [-0.1, -0.05) is 15.9 Å². The number of ether oxygens (including phenoxy) is 2. The molecule has 8 heteroatoms. The summed E-state index contributed by atoms with van der Waals surface area (Å²) in [5.41, 5.74) is 2.94. The minimum atomic E-state index is -0.715. The molecule has 1 aromatic heterocycles. The molecule has 2 N–H and O–H groups in total. The zero-order valence-electron chi connectivity index (χ0n) is 15.6. The Bertz CT molecular complexity index is 888. The summed E-state index contributed by atoms with van der Waals surface area (Å²) in [6.07, 6.45) is 0. The van der Waals surface area contributed by atoms with E-state index in [4.69, 9.17) is 9.47 Å². The van der Waals surface area contributed by atoms with Crippen molar-refractivity contribution >= 4 is 39.5 Å². The van der Waals surface area contributed by atoms with Crippen LogP contribution in [0.15, 0.2) is 22.7 Å². The number of anilines is 1. The molecule has 0 atom stereocenters. The first kappa shape index (κ1) is 20.7. The summed E-state index contributed by atoms with van der Waals surface area (Å²) >= 11 is 3.39. The molecule has 2 aromatic rings. The summed E-state index contributed by atoms with van der Waals surface area (Å²) in [6, 6.07) is 5.35. The monoisotopic (exact) mass is 436 g/mol. The van der Waals surface area contributed by atoms with Gasteiger partial charge in [0.15, 0.2) is 6.61 Å². The minimum absolute atomic E-state index is 0.128. The molecule has 2 rings (SSSR count). The number of H-pyrrole nitrogens is 1. The molecular weight excluding hydrogens is 416 g/mol. The van der Waals surface area contributed by atoms with Crippen LogP contribution in [0.1, 0.15) is 44.6 Å². The Labute approximate surface area is 165 Å². The van der Waals surface area contributed by atoms with E-state index < -0.39 is 24.5 Å². The summed E-state index contributed by atoms with van der Waals surface area (Å²) in [6.45, 7) is 6.68.